The van der Waals surface area contributed by atoms with Crippen LogP contribution in [0.1, 0.15) is 39.0 Å². The van der Waals surface area contributed by atoms with Gasteiger partial charge in [-0.3, -0.25) is 0 Å². The summed E-state index contributed by atoms with van der Waals surface area (Å²) in [6.07, 6.45) is 5.61. The van der Waals surface area contributed by atoms with Gasteiger partial charge in [0.1, 0.15) is 0 Å². The Bertz CT molecular complexity index is 251. The molecular formula is C12H23N3O. The van der Waals surface area contributed by atoms with Crippen molar-refractivity contribution in [2.24, 2.45) is 0 Å². The molecule has 0 atom stereocenters. The van der Waals surface area contributed by atoms with Gasteiger partial charge in [0.2, 0.25) is 0 Å². The molecule has 0 aromatic rings. The molecular weight excluding hydrogens is 202 g/mol. The average Bonchev–Trinajstić information content (AvgIpc) is 3.07. The Morgan fingerprint density at radius 3 is 3.00 bits per heavy atom. The number of amides is 2. The van der Waals surface area contributed by atoms with Crippen molar-refractivity contribution in [1.82, 2.24) is 15.5 Å². The molecule has 1 saturated heterocycles. The Hall–Kier alpha value is -0.770. The van der Waals surface area contributed by atoms with Gasteiger partial charge in [0.15, 0.2) is 0 Å². The standard InChI is InChI=1S/C12H23N3O/c1-2-3-8-14-11(16)15-9-4-7-13-10-12(15)5-6-12/h13H,2-10H2,1H3,(H,14,16). The molecule has 0 unspecified atom stereocenters. The van der Waals surface area contributed by atoms with Crippen LogP contribution in [0.15, 0.2) is 0 Å². The van der Waals surface area contributed by atoms with Crippen molar-refractivity contribution in [3.05, 3.63) is 0 Å². The predicted molar refractivity (Wildman–Crippen MR) is 64.5 cm³/mol. The van der Waals surface area contributed by atoms with Gasteiger partial charge in [-0.1, -0.05) is 13.3 Å². The van der Waals surface area contributed by atoms with Gasteiger partial charge in [0, 0.05) is 19.6 Å². The van der Waals surface area contributed by atoms with E-state index in [0.29, 0.717) is 0 Å². The molecule has 0 aromatic heterocycles. The van der Waals surface area contributed by atoms with Gasteiger partial charge in [-0.15, -0.1) is 0 Å². The molecule has 1 saturated carbocycles. The van der Waals surface area contributed by atoms with Crippen LogP contribution in [-0.4, -0.2) is 42.6 Å². The third-order valence-electron chi connectivity index (χ3n) is 3.64. The van der Waals surface area contributed by atoms with Crippen molar-refractivity contribution >= 4 is 6.03 Å². The topological polar surface area (TPSA) is 44.4 Å². The van der Waals surface area contributed by atoms with Crippen LogP contribution < -0.4 is 10.6 Å². The molecule has 2 fully saturated rings. The number of unbranched alkanes of at least 4 members (excludes halogenated alkanes) is 1. The summed E-state index contributed by atoms with van der Waals surface area (Å²) in [6, 6.07) is 0.148. The summed E-state index contributed by atoms with van der Waals surface area (Å²) < 4.78 is 0. The van der Waals surface area contributed by atoms with Gasteiger partial charge in [0.25, 0.3) is 0 Å². The van der Waals surface area contributed by atoms with Crippen molar-refractivity contribution in [3.63, 3.8) is 0 Å². The van der Waals surface area contributed by atoms with Crippen LogP contribution in [0.3, 0.4) is 0 Å². The molecule has 2 amide bonds. The number of carbonyl (C=O) groups excluding carboxylic acids is 1. The first-order chi connectivity index (χ1) is 7.78. The quantitative estimate of drug-likeness (QED) is 0.712. The zero-order valence-corrected chi connectivity index (χ0v) is 10.2. The van der Waals surface area contributed by atoms with Crippen LogP contribution >= 0.6 is 0 Å². The summed E-state index contributed by atoms with van der Waals surface area (Å²) >= 11 is 0. The smallest absolute Gasteiger partial charge is 0.317 e. The molecule has 2 aliphatic rings. The fraction of sp³-hybridized carbons (Fsp3) is 0.917. The minimum atomic E-state index is 0.148. The number of nitrogens with one attached hydrogen (secondary N) is 2. The highest BCUT2D eigenvalue weighted by Gasteiger charge is 2.50. The molecule has 0 aromatic carbocycles. The van der Waals surface area contributed by atoms with Gasteiger partial charge in [-0.2, -0.15) is 0 Å². The van der Waals surface area contributed by atoms with Gasteiger partial charge in [-0.05, 0) is 32.2 Å². The lowest BCUT2D eigenvalue weighted by Crippen LogP contribution is -2.50. The Morgan fingerprint density at radius 2 is 2.31 bits per heavy atom. The zero-order valence-electron chi connectivity index (χ0n) is 10.2. The normalized spacial score (nSPS) is 22.9. The van der Waals surface area contributed by atoms with Crippen molar-refractivity contribution in [2.45, 2.75) is 44.6 Å². The second-order valence-corrected chi connectivity index (χ2v) is 4.99. The molecule has 92 valence electrons. The van der Waals surface area contributed by atoms with E-state index in [-0.39, 0.29) is 11.6 Å². The summed E-state index contributed by atoms with van der Waals surface area (Å²) in [7, 11) is 0. The van der Waals surface area contributed by atoms with Crippen molar-refractivity contribution in [3.8, 4) is 0 Å². The lowest BCUT2D eigenvalue weighted by Gasteiger charge is -2.30. The van der Waals surface area contributed by atoms with E-state index < -0.39 is 0 Å². The van der Waals surface area contributed by atoms with Crippen molar-refractivity contribution in [2.75, 3.05) is 26.2 Å². The summed E-state index contributed by atoms with van der Waals surface area (Å²) in [4.78, 5) is 14.1. The molecule has 4 heteroatoms. The number of hydrogen-bond donors (Lipinski definition) is 2. The van der Waals surface area contributed by atoms with Crippen LogP contribution in [0.2, 0.25) is 0 Å². The lowest BCUT2D eigenvalue weighted by molar-refractivity contribution is 0.171. The highest BCUT2D eigenvalue weighted by Crippen LogP contribution is 2.42. The van der Waals surface area contributed by atoms with E-state index >= 15 is 0 Å². The van der Waals surface area contributed by atoms with Gasteiger partial charge < -0.3 is 15.5 Å². The van der Waals surface area contributed by atoms with E-state index in [2.05, 4.69) is 22.5 Å². The molecule has 1 spiro atoms. The predicted octanol–water partition coefficient (Wildman–Crippen LogP) is 1.32. The van der Waals surface area contributed by atoms with E-state index in [9.17, 15) is 4.79 Å². The van der Waals surface area contributed by atoms with Crippen molar-refractivity contribution in [1.29, 1.82) is 0 Å². The first kappa shape index (κ1) is 11.7. The van der Waals surface area contributed by atoms with Crippen LogP contribution in [0.4, 0.5) is 4.79 Å². The van der Waals surface area contributed by atoms with Crippen molar-refractivity contribution < 1.29 is 4.79 Å². The Morgan fingerprint density at radius 1 is 1.50 bits per heavy atom. The zero-order chi connectivity index (χ0) is 11.4. The van der Waals surface area contributed by atoms with E-state index in [0.717, 1.165) is 45.4 Å². The minimum Gasteiger partial charge on any atom is -0.338 e. The number of urea groups is 1. The molecule has 2 N–H and O–H groups in total. The molecule has 1 aliphatic carbocycles. The maximum absolute atomic E-state index is 12.1. The number of hydrogen-bond acceptors (Lipinski definition) is 2. The molecule has 1 aliphatic heterocycles. The summed E-state index contributed by atoms with van der Waals surface area (Å²) in [5, 5.41) is 6.47. The first-order valence-electron chi connectivity index (χ1n) is 6.55. The molecule has 16 heavy (non-hydrogen) atoms. The highest BCUT2D eigenvalue weighted by molar-refractivity contribution is 5.75. The Balaban J connectivity index is 1.87. The second kappa shape index (κ2) is 5.04. The molecule has 0 radical (unpaired) electrons. The average molecular weight is 225 g/mol. The largest absolute Gasteiger partial charge is 0.338 e. The molecule has 1 heterocycles. The number of nitrogens with zero attached hydrogens (tertiary/aromatic N) is 1. The fourth-order valence-electron chi connectivity index (χ4n) is 2.39. The Kier molecular flexibility index (Phi) is 3.69. The lowest BCUT2D eigenvalue weighted by atomic mass is 10.2. The van der Waals surface area contributed by atoms with Crippen LogP contribution in [0.25, 0.3) is 0 Å². The highest BCUT2D eigenvalue weighted by atomic mass is 16.2. The summed E-state index contributed by atoms with van der Waals surface area (Å²) in [5.41, 5.74) is 0.160. The number of carbonyl (C=O) groups is 1. The maximum Gasteiger partial charge on any atom is 0.317 e. The monoisotopic (exact) mass is 225 g/mol. The van der Waals surface area contributed by atoms with Gasteiger partial charge in [0.05, 0.1) is 5.54 Å². The Labute approximate surface area is 97.8 Å². The summed E-state index contributed by atoms with van der Waals surface area (Å²) in [6.45, 7) is 5.89. The maximum atomic E-state index is 12.1. The van der Waals surface area contributed by atoms with E-state index in [1.165, 1.54) is 12.8 Å². The fourth-order valence-corrected chi connectivity index (χ4v) is 2.39. The molecule has 2 rings (SSSR count). The van der Waals surface area contributed by atoms with Crippen LogP contribution in [-0.2, 0) is 0 Å². The molecule has 0 bridgehead atoms. The third-order valence-corrected chi connectivity index (χ3v) is 3.64. The first-order valence-corrected chi connectivity index (χ1v) is 6.55. The van der Waals surface area contributed by atoms with E-state index in [1.54, 1.807) is 0 Å². The van der Waals surface area contributed by atoms with Crippen LogP contribution in [0, 0.1) is 0 Å². The van der Waals surface area contributed by atoms with Gasteiger partial charge in [-0.25, -0.2) is 4.79 Å². The SMILES string of the molecule is CCCCNC(=O)N1CCCNCC12CC2. The third kappa shape index (κ3) is 2.48. The second-order valence-electron chi connectivity index (χ2n) is 4.99. The summed E-state index contributed by atoms with van der Waals surface area (Å²) in [5.74, 6) is 0. The van der Waals surface area contributed by atoms with E-state index in [4.69, 9.17) is 0 Å². The number of rotatable bonds is 3. The minimum absolute atomic E-state index is 0.148. The van der Waals surface area contributed by atoms with E-state index in [1.807, 2.05) is 0 Å². The molecule has 4 nitrogen and oxygen atoms in total. The van der Waals surface area contributed by atoms with Crippen LogP contribution in [0.5, 0.6) is 0 Å². The van der Waals surface area contributed by atoms with Gasteiger partial charge >= 0.3 is 6.03 Å².